The molecule has 1 saturated heterocycles. The van der Waals surface area contributed by atoms with Crippen molar-refractivity contribution in [3.05, 3.63) is 29.0 Å². The highest BCUT2D eigenvalue weighted by Crippen LogP contribution is 2.44. The molecule has 3 rings (SSSR count). The van der Waals surface area contributed by atoms with Gasteiger partial charge in [-0.25, -0.2) is 9.59 Å². The van der Waals surface area contributed by atoms with Gasteiger partial charge < -0.3 is 34.5 Å². The van der Waals surface area contributed by atoms with E-state index in [-0.39, 0.29) is 6.61 Å². The number of hydrogen-bond acceptors (Lipinski definition) is 8. The summed E-state index contributed by atoms with van der Waals surface area (Å²) in [5, 5.41) is 5.71. The number of esters is 1. The molecule has 2 aliphatic heterocycles. The van der Waals surface area contributed by atoms with Gasteiger partial charge in [-0.2, -0.15) is 0 Å². The number of benzene rings is 1. The maximum atomic E-state index is 13.1. The molecule has 10 heteroatoms. The first-order valence-electron chi connectivity index (χ1n) is 11.1. The number of hydrogen-bond donors (Lipinski definition) is 2. The molecule has 2 aliphatic rings. The molecule has 2 heterocycles. The number of ether oxygens (including phenoxy) is 4. The molecule has 0 aromatic heterocycles. The Balaban J connectivity index is 2.08. The van der Waals surface area contributed by atoms with Gasteiger partial charge in [-0.1, -0.05) is 0 Å². The fourth-order valence-electron chi connectivity index (χ4n) is 4.26. The monoisotopic (exact) mass is 462 g/mol. The zero-order chi connectivity index (χ0) is 24.0. The topological polar surface area (TPSA) is 102 Å². The first-order chi connectivity index (χ1) is 15.9. The second-order valence-electron chi connectivity index (χ2n) is 8.00. The Morgan fingerprint density at radius 2 is 1.82 bits per heavy atom. The average Bonchev–Trinajstić information content (AvgIpc) is 3.01. The van der Waals surface area contributed by atoms with Gasteiger partial charge in [-0.05, 0) is 45.6 Å². The van der Waals surface area contributed by atoms with E-state index in [1.807, 2.05) is 0 Å². The summed E-state index contributed by atoms with van der Waals surface area (Å²) in [7, 11) is 6.64. The van der Waals surface area contributed by atoms with Crippen LogP contribution in [0.25, 0.3) is 0 Å². The zero-order valence-corrected chi connectivity index (χ0v) is 20.0. The van der Waals surface area contributed by atoms with Crippen LogP contribution in [0.4, 0.5) is 4.79 Å². The van der Waals surface area contributed by atoms with Crippen molar-refractivity contribution in [3.63, 3.8) is 0 Å². The van der Waals surface area contributed by atoms with Crippen LogP contribution in [-0.2, 0) is 9.53 Å². The van der Waals surface area contributed by atoms with Gasteiger partial charge in [0.25, 0.3) is 0 Å². The number of likely N-dealkylation sites (N-methyl/N-ethyl adjacent to an activating group) is 1. The van der Waals surface area contributed by atoms with Crippen molar-refractivity contribution in [2.24, 2.45) is 0 Å². The maximum Gasteiger partial charge on any atom is 0.338 e. The first kappa shape index (κ1) is 24.7. The lowest BCUT2D eigenvalue weighted by Crippen LogP contribution is -2.48. The van der Waals surface area contributed by atoms with E-state index in [1.54, 1.807) is 19.1 Å². The number of methoxy groups -OCH3 is 3. The molecule has 182 valence electrons. The second-order valence-corrected chi connectivity index (χ2v) is 8.00. The number of amides is 2. The van der Waals surface area contributed by atoms with Crippen molar-refractivity contribution in [3.8, 4) is 17.2 Å². The van der Waals surface area contributed by atoms with Gasteiger partial charge in [0.1, 0.15) is 0 Å². The predicted octanol–water partition coefficient (Wildman–Crippen LogP) is 1.52. The highest BCUT2D eigenvalue weighted by atomic mass is 16.5. The number of nitrogens with zero attached hydrogens (tertiary/aromatic N) is 2. The highest BCUT2D eigenvalue weighted by Gasteiger charge is 2.37. The molecular formula is C23H34N4O6. The number of carbonyl (C=O) groups is 2. The van der Waals surface area contributed by atoms with Crippen molar-refractivity contribution < 1.29 is 28.5 Å². The Labute approximate surface area is 194 Å². The van der Waals surface area contributed by atoms with Crippen LogP contribution in [0.2, 0.25) is 0 Å². The number of carbonyl (C=O) groups excluding carboxylic acids is 2. The molecular weight excluding hydrogens is 428 g/mol. The minimum atomic E-state index is -0.780. The molecule has 2 N–H and O–H groups in total. The van der Waals surface area contributed by atoms with Crippen molar-refractivity contribution in [2.45, 2.75) is 19.4 Å². The van der Waals surface area contributed by atoms with Gasteiger partial charge in [-0.15, -0.1) is 0 Å². The van der Waals surface area contributed by atoms with Gasteiger partial charge in [0.15, 0.2) is 11.5 Å². The fraction of sp³-hybridized carbons (Fsp3) is 0.565. The molecule has 1 aromatic carbocycles. The summed E-state index contributed by atoms with van der Waals surface area (Å²) in [5.41, 5.74) is 1.45. The summed E-state index contributed by atoms with van der Waals surface area (Å²) in [4.78, 5) is 30.4. The molecule has 33 heavy (non-hydrogen) atoms. The molecule has 2 amide bonds. The van der Waals surface area contributed by atoms with Crippen molar-refractivity contribution in [1.82, 2.24) is 20.4 Å². The molecule has 1 atom stereocenters. The second kappa shape index (κ2) is 11.2. The lowest BCUT2D eigenvalue weighted by Gasteiger charge is -2.32. The molecule has 0 spiro atoms. The summed E-state index contributed by atoms with van der Waals surface area (Å²) in [6, 6.07) is 2.30. The lowest BCUT2D eigenvalue weighted by atomic mass is 9.93. The molecule has 0 bridgehead atoms. The van der Waals surface area contributed by atoms with E-state index >= 15 is 0 Å². The fourth-order valence-corrected chi connectivity index (χ4v) is 4.26. The summed E-state index contributed by atoms with van der Waals surface area (Å²) < 4.78 is 21.9. The summed E-state index contributed by atoms with van der Waals surface area (Å²) in [6.07, 6.45) is 1.01. The van der Waals surface area contributed by atoms with E-state index in [9.17, 15) is 9.59 Å². The van der Waals surface area contributed by atoms with Gasteiger partial charge >= 0.3 is 12.0 Å². The van der Waals surface area contributed by atoms with Crippen LogP contribution in [0.3, 0.4) is 0 Å². The van der Waals surface area contributed by atoms with Crippen LogP contribution in [0.1, 0.15) is 24.9 Å². The van der Waals surface area contributed by atoms with Crippen LogP contribution in [0.15, 0.2) is 23.4 Å². The van der Waals surface area contributed by atoms with Crippen LogP contribution < -0.4 is 24.8 Å². The van der Waals surface area contributed by atoms with Gasteiger partial charge in [0.2, 0.25) is 5.75 Å². The van der Waals surface area contributed by atoms with E-state index in [1.165, 1.54) is 21.3 Å². The third kappa shape index (κ3) is 5.51. The predicted molar refractivity (Wildman–Crippen MR) is 123 cm³/mol. The molecule has 1 aromatic rings. The minimum Gasteiger partial charge on any atom is -0.493 e. The van der Waals surface area contributed by atoms with E-state index in [0.717, 1.165) is 32.6 Å². The van der Waals surface area contributed by atoms with Crippen molar-refractivity contribution in [1.29, 1.82) is 0 Å². The van der Waals surface area contributed by atoms with Crippen LogP contribution in [0, 0.1) is 0 Å². The van der Waals surface area contributed by atoms with Gasteiger partial charge in [-0.3, -0.25) is 4.90 Å². The third-order valence-electron chi connectivity index (χ3n) is 5.89. The zero-order valence-electron chi connectivity index (χ0n) is 20.0. The Morgan fingerprint density at radius 1 is 1.06 bits per heavy atom. The minimum absolute atomic E-state index is 0.216. The number of rotatable bonds is 8. The first-order valence-corrected chi connectivity index (χ1v) is 11.1. The summed E-state index contributed by atoms with van der Waals surface area (Å²) in [6.45, 7) is 6.04. The largest absolute Gasteiger partial charge is 0.493 e. The SMILES string of the molecule is CCOC(=O)C1=C(CN2CCCN(C)CC2)NC(=O)N[C@H]1c1ccc(OC)c(OC)c1OC. The Kier molecular flexibility index (Phi) is 8.40. The quantitative estimate of drug-likeness (QED) is 0.561. The van der Waals surface area contributed by atoms with Crippen molar-refractivity contribution in [2.75, 3.05) is 67.7 Å². The Hall–Kier alpha value is -2.98. The molecule has 0 saturated carbocycles. The number of nitrogens with one attached hydrogen (secondary N) is 2. The van der Waals surface area contributed by atoms with E-state index in [4.69, 9.17) is 18.9 Å². The smallest absolute Gasteiger partial charge is 0.338 e. The van der Waals surface area contributed by atoms with E-state index < -0.39 is 18.0 Å². The van der Waals surface area contributed by atoms with Crippen LogP contribution in [0.5, 0.6) is 17.2 Å². The molecule has 0 unspecified atom stereocenters. The summed E-state index contributed by atoms with van der Waals surface area (Å²) >= 11 is 0. The molecule has 0 radical (unpaired) electrons. The molecule has 0 aliphatic carbocycles. The Morgan fingerprint density at radius 3 is 2.48 bits per heavy atom. The normalized spacial score (nSPS) is 19.9. The Bertz CT molecular complexity index is 903. The molecule has 1 fully saturated rings. The lowest BCUT2D eigenvalue weighted by molar-refractivity contribution is -0.139. The van der Waals surface area contributed by atoms with Crippen LogP contribution in [-0.4, -0.2) is 89.5 Å². The number of urea groups is 1. The maximum absolute atomic E-state index is 13.1. The standard InChI is InChI=1S/C23H34N4O6/c1-6-33-22(28)18-16(14-27-11-7-10-26(2)12-13-27)24-23(29)25-19(18)15-8-9-17(30-3)21(32-5)20(15)31-4/h8-9,19H,6-7,10-14H2,1-5H3,(H2,24,25,29)/t19-/m0/s1. The third-order valence-corrected chi connectivity index (χ3v) is 5.89. The average molecular weight is 463 g/mol. The van der Waals surface area contributed by atoms with E-state index in [2.05, 4.69) is 27.5 Å². The van der Waals surface area contributed by atoms with Gasteiger partial charge in [0, 0.05) is 30.9 Å². The van der Waals surface area contributed by atoms with Crippen molar-refractivity contribution >= 4 is 12.0 Å². The molecule has 10 nitrogen and oxygen atoms in total. The van der Waals surface area contributed by atoms with Crippen LogP contribution >= 0.6 is 0 Å². The van der Waals surface area contributed by atoms with Gasteiger partial charge in [0.05, 0.1) is 39.6 Å². The van der Waals surface area contributed by atoms with E-state index in [0.29, 0.717) is 40.6 Å². The highest BCUT2D eigenvalue weighted by molar-refractivity contribution is 5.95. The summed E-state index contributed by atoms with van der Waals surface area (Å²) in [5.74, 6) is 0.745.